The van der Waals surface area contributed by atoms with Gasteiger partial charge in [-0.3, -0.25) is 9.67 Å². The summed E-state index contributed by atoms with van der Waals surface area (Å²) in [4.78, 5) is 6.84. The molecular weight excluding hydrogens is 500 g/mol. The molecule has 0 amide bonds. The zero-order chi connectivity index (χ0) is 20.6. The molecular formula is C21H31FIN5O2. The van der Waals surface area contributed by atoms with Gasteiger partial charge in [-0.25, -0.2) is 4.39 Å². The number of nitrogens with one attached hydrogen (secondary N) is 1. The van der Waals surface area contributed by atoms with Crippen molar-refractivity contribution in [3.8, 4) is 5.75 Å². The Balaban J connectivity index is 0.00000320. The minimum Gasteiger partial charge on any atom is -0.491 e. The molecule has 9 heteroatoms. The molecule has 0 saturated carbocycles. The van der Waals surface area contributed by atoms with Crippen molar-refractivity contribution < 1.29 is 14.2 Å². The van der Waals surface area contributed by atoms with Crippen LogP contribution in [0.1, 0.15) is 18.9 Å². The number of aryl methyl sites for hydroxylation is 1. The number of aliphatic imine (C=N–C) groups is 1. The third kappa shape index (κ3) is 7.42. The van der Waals surface area contributed by atoms with Crippen molar-refractivity contribution in [1.82, 2.24) is 20.0 Å². The second kappa shape index (κ2) is 12.1. The lowest BCUT2D eigenvalue weighted by molar-refractivity contribution is 0.114. The van der Waals surface area contributed by atoms with Crippen LogP contribution in [0.5, 0.6) is 5.75 Å². The minimum atomic E-state index is -0.734. The van der Waals surface area contributed by atoms with Crippen molar-refractivity contribution in [3.05, 3.63) is 48.0 Å². The molecule has 1 aromatic heterocycles. The molecule has 166 valence electrons. The Morgan fingerprint density at radius 3 is 2.83 bits per heavy atom. The van der Waals surface area contributed by atoms with Crippen molar-refractivity contribution in [3.63, 3.8) is 0 Å². The van der Waals surface area contributed by atoms with Gasteiger partial charge in [0.15, 0.2) is 5.96 Å². The van der Waals surface area contributed by atoms with E-state index in [1.807, 2.05) is 24.9 Å². The lowest BCUT2D eigenvalue weighted by atomic mass is 10.0. The van der Waals surface area contributed by atoms with Gasteiger partial charge in [0.05, 0.1) is 12.7 Å². The van der Waals surface area contributed by atoms with Crippen LogP contribution in [0.2, 0.25) is 0 Å². The number of hydrogen-bond acceptors (Lipinski definition) is 4. The van der Waals surface area contributed by atoms with Crippen molar-refractivity contribution >= 4 is 29.9 Å². The molecule has 2 N–H and O–H groups in total. The summed E-state index contributed by atoms with van der Waals surface area (Å²) in [5, 5.41) is 17.8. The summed E-state index contributed by atoms with van der Waals surface area (Å²) in [6.45, 7) is 5.03. The summed E-state index contributed by atoms with van der Waals surface area (Å²) in [6.07, 6.45) is 5.38. The molecule has 2 atom stereocenters. The van der Waals surface area contributed by atoms with Gasteiger partial charge in [-0.15, -0.1) is 24.0 Å². The van der Waals surface area contributed by atoms with E-state index >= 15 is 0 Å². The molecule has 0 aliphatic carbocycles. The monoisotopic (exact) mass is 531 g/mol. The molecule has 1 aliphatic rings. The van der Waals surface area contributed by atoms with Crippen LogP contribution < -0.4 is 10.1 Å². The molecule has 7 nitrogen and oxygen atoms in total. The molecule has 0 radical (unpaired) electrons. The molecule has 1 saturated heterocycles. The molecule has 1 fully saturated rings. The molecule has 0 bridgehead atoms. The number of nitrogens with zero attached hydrogens (tertiary/aromatic N) is 4. The fourth-order valence-corrected chi connectivity index (χ4v) is 3.50. The summed E-state index contributed by atoms with van der Waals surface area (Å²) in [5.41, 5.74) is 1.26. The van der Waals surface area contributed by atoms with Crippen molar-refractivity contribution in [2.24, 2.45) is 18.0 Å². The fourth-order valence-electron chi connectivity index (χ4n) is 3.50. The molecule has 30 heavy (non-hydrogen) atoms. The second-order valence-electron chi connectivity index (χ2n) is 7.44. The van der Waals surface area contributed by atoms with E-state index in [1.54, 1.807) is 12.1 Å². The van der Waals surface area contributed by atoms with Crippen LogP contribution in [0.15, 0.2) is 41.7 Å². The second-order valence-corrected chi connectivity index (χ2v) is 7.44. The van der Waals surface area contributed by atoms with Gasteiger partial charge in [-0.2, -0.15) is 5.10 Å². The third-order valence-electron chi connectivity index (χ3n) is 4.91. The maximum atomic E-state index is 12.9. The first-order valence-corrected chi connectivity index (χ1v) is 10.1. The average Bonchev–Trinajstić information content (AvgIpc) is 3.34. The molecule has 2 heterocycles. The first-order chi connectivity index (χ1) is 14.0. The van der Waals surface area contributed by atoms with Gasteiger partial charge in [0.25, 0.3) is 0 Å². The Morgan fingerprint density at radius 2 is 2.17 bits per heavy atom. The van der Waals surface area contributed by atoms with Crippen molar-refractivity contribution in [2.75, 3.05) is 32.8 Å². The van der Waals surface area contributed by atoms with Crippen LogP contribution in [0, 0.1) is 11.7 Å². The minimum absolute atomic E-state index is 0. The lowest BCUT2D eigenvalue weighted by Crippen LogP contribution is -2.41. The predicted octanol–water partition coefficient (Wildman–Crippen LogP) is 2.45. The van der Waals surface area contributed by atoms with Gasteiger partial charge >= 0.3 is 0 Å². The molecule has 3 rings (SSSR count). The largest absolute Gasteiger partial charge is 0.491 e. The highest BCUT2D eigenvalue weighted by atomic mass is 127. The molecule has 2 aromatic rings. The maximum Gasteiger partial charge on any atom is 0.194 e. The van der Waals surface area contributed by atoms with Crippen molar-refractivity contribution in [1.29, 1.82) is 0 Å². The highest BCUT2D eigenvalue weighted by Gasteiger charge is 2.25. The molecule has 2 unspecified atom stereocenters. The van der Waals surface area contributed by atoms with E-state index in [9.17, 15) is 9.50 Å². The predicted molar refractivity (Wildman–Crippen MR) is 126 cm³/mol. The number of aromatic nitrogens is 2. The highest BCUT2D eigenvalue weighted by Crippen LogP contribution is 2.20. The van der Waals surface area contributed by atoms with Gasteiger partial charge in [0, 0.05) is 32.9 Å². The number of likely N-dealkylation sites (tertiary alicyclic amines) is 1. The van der Waals surface area contributed by atoms with Crippen LogP contribution in [0.25, 0.3) is 0 Å². The van der Waals surface area contributed by atoms with Crippen molar-refractivity contribution in [2.45, 2.75) is 25.9 Å². The summed E-state index contributed by atoms with van der Waals surface area (Å²) in [6, 6.07) is 5.75. The van der Waals surface area contributed by atoms with E-state index in [0.717, 1.165) is 38.4 Å². The topological polar surface area (TPSA) is 74.9 Å². The number of aliphatic hydroxyl groups is 1. The number of guanidine groups is 1. The van der Waals surface area contributed by atoms with Gasteiger partial charge in [-0.05, 0) is 55.5 Å². The number of ether oxygens (including phenoxy) is 1. The van der Waals surface area contributed by atoms with Gasteiger partial charge in [0.2, 0.25) is 0 Å². The third-order valence-corrected chi connectivity index (χ3v) is 4.91. The highest BCUT2D eigenvalue weighted by molar-refractivity contribution is 14.0. The normalized spacial score (nSPS) is 17.5. The Kier molecular flexibility index (Phi) is 9.83. The Morgan fingerprint density at radius 1 is 1.40 bits per heavy atom. The number of aliphatic hydroxyl groups excluding tert-OH is 1. The Bertz CT molecular complexity index is 799. The standard InChI is InChI=1S/C21H30FN5O2.HI/c1-3-23-21(24-12-19(28)15-29-20-6-4-18(22)5-7-20)27-9-8-16(14-27)10-17-11-25-26(2)13-17;/h4-7,11,13,16,19,28H,3,8-10,12,14-15H2,1-2H3,(H,23,24);1H. The lowest BCUT2D eigenvalue weighted by Gasteiger charge is -2.22. The Labute approximate surface area is 194 Å². The van der Waals surface area contributed by atoms with E-state index < -0.39 is 6.10 Å². The summed E-state index contributed by atoms with van der Waals surface area (Å²) in [7, 11) is 1.94. The number of benzene rings is 1. The number of rotatable bonds is 8. The van der Waals surface area contributed by atoms with Gasteiger partial charge in [0.1, 0.15) is 24.3 Å². The van der Waals surface area contributed by atoms with E-state index in [4.69, 9.17) is 4.74 Å². The van der Waals surface area contributed by atoms with Gasteiger partial charge in [-0.1, -0.05) is 0 Å². The van der Waals surface area contributed by atoms with E-state index in [0.29, 0.717) is 11.7 Å². The van der Waals surface area contributed by atoms with Crippen LogP contribution in [0.3, 0.4) is 0 Å². The van der Waals surface area contributed by atoms with Crippen LogP contribution >= 0.6 is 24.0 Å². The number of hydrogen-bond donors (Lipinski definition) is 2. The van der Waals surface area contributed by atoms with E-state index in [-0.39, 0.29) is 42.9 Å². The van der Waals surface area contributed by atoms with Crippen LogP contribution in [0.4, 0.5) is 4.39 Å². The zero-order valence-electron chi connectivity index (χ0n) is 17.5. The van der Waals surface area contributed by atoms with Crippen LogP contribution in [-0.2, 0) is 13.5 Å². The molecule has 0 spiro atoms. The smallest absolute Gasteiger partial charge is 0.194 e. The van der Waals surface area contributed by atoms with E-state index in [1.165, 1.54) is 17.7 Å². The SMILES string of the molecule is CCNC(=NCC(O)COc1ccc(F)cc1)N1CCC(Cc2cnn(C)c2)C1.I. The van der Waals surface area contributed by atoms with Crippen LogP contribution in [-0.4, -0.2) is 64.6 Å². The summed E-state index contributed by atoms with van der Waals surface area (Å²) in [5.74, 6) is 1.60. The van der Waals surface area contributed by atoms with Gasteiger partial charge < -0.3 is 20.1 Å². The summed E-state index contributed by atoms with van der Waals surface area (Å²) >= 11 is 0. The molecule has 1 aromatic carbocycles. The Hall–Kier alpha value is -1.88. The first-order valence-electron chi connectivity index (χ1n) is 10.1. The quantitative estimate of drug-likeness (QED) is 0.311. The van der Waals surface area contributed by atoms with E-state index in [2.05, 4.69) is 26.5 Å². The first kappa shape index (κ1) is 24.4. The number of halogens is 2. The fraction of sp³-hybridized carbons (Fsp3) is 0.524. The zero-order valence-corrected chi connectivity index (χ0v) is 19.8. The summed E-state index contributed by atoms with van der Waals surface area (Å²) < 4.78 is 20.3. The maximum absolute atomic E-state index is 12.9. The average molecular weight is 531 g/mol. The molecule has 1 aliphatic heterocycles.